The normalized spacial score (nSPS) is 22.2. The minimum Gasteiger partial charge on any atom is -0.490 e. The molecule has 35 heavy (non-hydrogen) atoms. The highest BCUT2D eigenvalue weighted by Gasteiger charge is 2.35. The van der Waals surface area contributed by atoms with Crippen molar-refractivity contribution in [1.29, 1.82) is 0 Å². The van der Waals surface area contributed by atoms with E-state index in [1.807, 2.05) is 44.4 Å². The number of carboxylic acid groups (broad SMARTS) is 1. The molecule has 186 valence electrons. The summed E-state index contributed by atoms with van der Waals surface area (Å²) in [7, 11) is 4.01. The van der Waals surface area contributed by atoms with Crippen molar-refractivity contribution >= 4 is 16.9 Å². The molecule has 0 amide bonds. The van der Waals surface area contributed by atoms with Crippen molar-refractivity contribution in [2.24, 2.45) is 0 Å². The first kappa shape index (κ1) is 23.8. The molecule has 2 aliphatic rings. The Morgan fingerprint density at radius 3 is 2.77 bits per heavy atom. The predicted molar refractivity (Wildman–Crippen MR) is 134 cm³/mol. The lowest BCUT2D eigenvalue weighted by Crippen LogP contribution is -2.32. The summed E-state index contributed by atoms with van der Waals surface area (Å²) in [6.07, 6.45) is 2.06. The zero-order chi connectivity index (χ0) is 24.5. The SMILES string of the molecule is CN(C)CCO[C@@H]1COc2ccccc2-c2c([C@@H]3CCCC[C@H]3F)c3ccc(C(=O)O)cc3n2C1. The maximum atomic E-state index is 15.4. The van der Waals surface area contributed by atoms with Crippen LogP contribution in [0.1, 0.15) is 47.5 Å². The van der Waals surface area contributed by atoms with Gasteiger partial charge in [-0.3, -0.25) is 0 Å². The molecule has 6 nitrogen and oxygen atoms in total. The molecule has 1 aliphatic heterocycles. The van der Waals surface area contributed by atoms with E-state index in [9.17, 15) is 9.90 Å². The van der Waals surface area contributed by atoms with Crippen molar-refractivity contribution in [3.63, 3.8) is 0 Å². The van der Waals surface area contributed by atoms with E-state index in [-0.39, 0.29) is 17.6 Å². The van der Waals surface area contributed by atoms with E-state index in [0.717, 1.165) is 59.3 Å². The number of aromatic carboxylic acids is 1. The number of carboxylic acids is 1. The number of ether oxygens (including phenoxy) is 2. The van der Waals surface area contributed by atoms with Gasteiger partial charge in [-0.1, -0.05) is 31.0 Å². The Morgan fingerprint density at radius 1 is 1.20 bits per heavy atom. The van der Waals surface area contributed by atoms with Crippen LogP contribution in [-0.4, -0.2) is 66.7 Å². The van der Waals surface area contributed by atoms with E-state index in [0.29, 0.717) is 26.2 Å². The van der Waals surface area contributed by atoms with Crippen LogP contribution in [-0.2, 0) is 11.3 Å². The highest BCUT2D eigenvalue weighted by molar-refractivity contribution is 5.98. The van der Waals surface area contributed by atoms with E-state index in [1.54, 1.807) is 12.1 Å². The summed E-state index contributed by atoms with van der Waals surface area (Å²) < 4.78 is 30.1. The number of nitrogens with zero attached hydrogens (tertiary/aromatic N) is 2. The average molecular weight is 481 g/mol. The molecule has 2 aromatic carbocycles. The third kappa shape index (κ3) is 4.67. The van der Waals surface area contributed by atoms with E-state index in [1.165, 1.54) is 0 Å². The minimum absolute atomic E-state index is 0.224. The van der Waals surface area contributed by atoms with Crippen LogP contribution >= 0.6 is 0 Å². The first-order chi connectivity index (χ1) is 16.9. The Hall–Kier alpha value is -2.90. The zero-order valence-electron chi connectivity index (χ0n) is 20.4. The quantitative estimate of drug-likeness (QED) is 0.516. The fourth-order valence-electron chi connectivity index (χ4n) is 5.51. The molecule has 5 rings (SSSR count). The number of likely N-dealkylation sites (N-methyl/N-ethyl adjacent to an activating group) is 1. The number of alkyl halides is 1. The molecular formula is C28H33FN2O4. The molecule has 1 N–H and O–H groups in total. The van der Waals surface area contributed by atoms with Gasteiger partial charge in [-0.25, -0.2) is 9.18 Å². The standard InChI is InChI=1S/C28H33FN2O4/c1-30(2)13-14-34-19-16-31-24-15-18(28(32)33)11-12-21(24)26(20-7-3-5-9-23(20)29)27(31)22-8-4-6-10-25(22)35-17-19/h4,6,8,10-12,15,19-20,23H,3,5,7,9,13-14,16-17H2,1-2H3,(H,32,33)/t19-,20+,23+/m0/s1. The lowest BCUT2D eigenvalue weighted by molar-refractivity contribution is 0.00421. The molecule has 0 radical (unpaired) electrons. The number of para-hydroxylation sites is 1. The summed E-state index contributed by atoms with van der Waals surface area (Å²) >= 11 is 0. The molecule has 3 atom stereocenters. The molecule has 0 saturated heterocycles. The van der Waals surface area contributed by atoms with Crippen molar-refractivity contribution in [1.82, 2.24) is 9.47 Å². The van der Waals surface area contributed by atoms with Gasteiger partial charge in [0.2, 0.25) is 0 Å². The molecule has 1 fully saturated rings. The van der Waals surface area contributed by atoms with Crippen LogP contribution in [0.2, 0.25) is 0 Å². The maximum Gasteiger partial charge on any atom is 0.335 e. The molecule has 0 unspecified atom stereocenters. The number of halogens is 1. The van der Waals surface area contributed by atoms with Crippen LogP contribution in [0.3, 0.4) is 0 Å². The average Bonchev–Trinajstić information content (AvgIpc) is 3.13. The molecule has 7 heteroatoms. The van der Waals surface area contributed by atoms with Crippen molar-refractivity contribution in [3.05, 3.63) is 53.6 Å². The van der Waals surface area contributed by atoms with E-state index in [2.05, 4.69) is 9.47 Å². The second-order valence-corrected chi connectivity index (χ2v) is 9.92. The maximum absolute atomic E-state index is 15.4. The molecule has 0 spiro atoms. The Balaban J connectivity index is 1.72. The zero-order valence-corrected chi connectivity index (χ0v) is 20.4. The number of hydrogen-bond donors (Lipinski definition) is 1. The first-order valence-corrected chi connectivity index (χ1v) is 12.5. The highest BCUT2D eigenvalue weighted by Crippen LogP contribution is 2.47. The van der Waals surface area contributed by atoms with Crippen LogP contribution in [0.25, 0.3) is 22.2 Å². The van der Waals surface area contributed by atoms with Gasteiger partial charge >= 0.3 is 5.97 Å². The topological polar surface area (TPSA) is 63.9 Å². The summed E-state index contributed by atoms with van der Waals surface area (Å²) in [5, 5.41) is 10.6. The van der Waals surface area contributed by atoms with Gasteiger partial charge in [0.05, 0.1) is 24.4 Å². The molecule has 2 heterocycles. The summed E-state index contributed by atoms with van der Waals surface area (Å²) in [5.74, 6) is -0.472. The number of aromatic nitrogens is 1. The van der Waals surface area contributed by atoms with E-state index >= 15 is 4.39 Å². The monoisotopic (exact) mass is 480 g/mol. The van der Waals surface area contributed by atoms with Gasteiger partial charge in [0.25, 0.3) is 0 Å². The van der Waals surface area contributed by atoms with Crippen LogP contribution < -0.4 is 4.74 Å². The molecule has 1 aliphatic carbocycles. The summed E-state index contributed by atoms with van der Waals surface area (Å²) in [5.41, 5.74) is 3.84. The number of rotatable bonds is 6. The molecule has 0 bridgehead atoms. The second kappa shape index (κ2) is 9.99. The van der Waals surface area contributed by atoms with Crippen molar-refractivity contribution in [3.8, 4) is 17.0 Å². The fraction of sp³-hybridized carbons (Fsp3) is 0.464. The third-order valence-corrected chi connectivity index (χ3v) is 7.25. The highest BCUT2D eigenvalue weighted by atomic mass is 19.1. The van der Waals surface area contributed by atoms with Gasteiger partial charge < -0.3 is 24.0 Å². The Kier molecular flexibility index (Phi) is 6.80. The first-order valence-electron chi connectivity index (χ1n) is 12.5. The molecule has 1 saturated carbocycles. The van der Waals surface area contributed by atoms with Crippen LogP contribution in [0.4, 0.5) is 4.39 Å². The molecule has 3 aromatic rings. The Labute approximate surface area is 205 Å². The van der Waals surface area contributed by atoms with E-state index < -0.39 is 12.1 Å². The van der Waals surface area contributed by atoms with Gasteiger partial charge in [0.1, 0.15) is 24.6 Å². The minimum atomic E-state index is -0.974. The number of fused-ring (bicyclic) bond motifs is 5. The van der Waals surface area contributed by atoms with Gasteiger partial charge in [0.15, 0.2) is 0 Å². The lowest BCUT2D eigenvalue weighted by Gasteiger charge is -2.29. The van der Waals surface area contributed by atoms with Crippen LogP contribution in [0, 0.1) is 0 Å². The summed E-state index contributed by atoms with van der Waals surface area (Å²) in [6, 6.07) is 13.1. The van der Waals surface area contributed by atoms with Crippen molar-refractivity contribution in [2.45, 2.75) is 50.4 Å². The number of carbonyl (C=O) groups is 1. The smallest absolute Gasteiger partial charge is 0.335 e. The van der Waals surface area contributed by atoms with E-state index in [4.69, 9.17) is 9.47 Å². The molecule has 1 aromatic heterocycles. The van der Waals surface area contributed by atoms with Crippen LogP contribution in [0.5, 0.6) is 5.75 Å². The summed E-state index contributed by atoms with van der Waals surface area (Å²) in [6.45, 7) is 2.22. The lowest BCUT2D eigenvalue weighted by atomic mass is 9.80. The predicted octanol–water partition coefficient (Wildman–Crippen LogP) is 5.34. The van der Waals surface area contributed by atoms with Crippen molar-refractivity contribution < 1.29 is 23.8 Å². The van der Waals surface area contributed by atoms with Gasteiger partial charge in [0, 0.05) is 28.9 Å². The van der Waals surface area contributed by atoms with Crippen LogP contribution in [0.15, 0.2) is 42.5 Å². The molecular weight excluding hydrogens is 447 g/mol. The Bertz CT molecular complexity index is 1220. The summed E-state index contributed by atoms with van der Waals surface area (Å²) in [4.78, 5) is 13.9. The largest absolute Gasteiger partial charge is 0.490 e. The van der Waals surface area contributed by atoms with Gasteiger partial charge in [-0.15, -0.1) is 0 Å². The number of benzene rings is 2. The van der Waals surface area contributed by atoms with Gasteiger partial charge in [-0.05, 0) is 56.8 Å². The van der Waals surface area contributed by atoms with Crippen molar-refractivity contribution in [2.75, 3.05) is 33.9 Å². The third-order valence-electron chi connectivity index (χ3n) is 7.25. The number of hydrogen-bond acceptors (Lipinski definition) is 4. The van der Waals surface area contributed by atoms with Gasteiger partial charge in [-0.2, -0.15) is 0 Å². The fourth-order valence-corrected chi connectivity index (χ4v) is 5.51. The second-order valence-electron chi connectivity index (χ2n) is 9.92. The Morgan fingerprint density at radius 2 is 2.00 bits per heavy atom.